The zero-order chi connectivity index (χ0) is 7.82. The molecule has 0 bridgehead atoms. The second-order valence-electron chi connectivity index (χ2n) is 2.50. The lowest BCUT2D eigenvalue weighted by Gasteiger charge is -2.11. The maximum atomic E-state index is 5.49. The van der Waals surface area contributed by atoms with Crippen molar-refractivity contribution < 1.29 is 0 Å². The van der Waals surface area contributed by atoms with Gasteiger partial charge in [0.05, 0.1) is 0 Å². The molecule has 0 aromatic carbocycles. The largest absolute Gasteiger partial charge is 0.330 e. The summed E-state index contributed by atoms with van der Waals surface area (Å²) in [6.45, 7) is 5.54. The fourth-order valence-electron chi connectivity index (χ4n) is 0.803. The molecule has 5 N–H and O–H groups in total. The second-order valence-corrected chi connectivity index (χ2v) is 2.50. The highest BCUT2D eigenvalue weighted by Gasteiger charge is 2.00. The molecule has 0 heterocycles. The van der Waals surface area contributed by atoms with Crippen LogP contribution in [0.25, 0.3) is 0 Å². The Morgan fingerprint density at radius 1 is 1.40 bits per heavy atom. The molecule has 0 radical (unpaired) electrons. The molecule has 0 fully saturated rings. The van der Waals surface area contributed by atoms with Gasteiger partial charge < -0.3 is 16.8 Å². The van der Waals surface area contributed by atoms with E-state index in [-0.39, 0.29) is 0 Å². The van der Waals surface area contributed by atoms with Crippen LogP contribution in [-0.2, 0) is 0 Å². The SMILES string of the molecule is CCC(CN)CNCCN. The van der Waals surface area contributed by atoms with E-state index in [0.29, 0.717) is 12.5 Å². The van der Waals surface area contributed by atoms with Gasteiger partial charge in [0, 0.05) is 13.1 Å². The Morgan fingerprint density at radius 2 is 2.10 bits per heavy atom. The first-order valence-electron chi connectivity index (χ1n) is 3.96. The van der Waals surface area contributed by atoms with Crippen molar-refractivity contribution in [2.24, 2.45) is 17.4 Å². The monoisotopic (exact) mass is 145 g/mol. The van der Waals surface area contributed by atoms with Gasteiger partial charge in [0.2, 0.25) is 0 Å². The Kier molecular flexibility index (Phi) is 6.91. The minimum Gasteiger partial charge on any atom is -0.330 e. The quantitative estimate of drug-likeness (QED) is 0.442. The van der Waals surface area contributed by atoms with E-state index in [1.54, 1.807) is 0 Å². The van der Waals surface area contributed by atoms with Crippen LogP contribution < -0.4 is 16.8 Å². The van der Waals surface area contributed by atoms with Gasteiger partial charge in [-0.1, -0.05) is 13.3 Å². The molecule has 0 aliphatic heterocycles. The number of hydrogen-bond acceptors (Lipinski definition) is 3. The Balaban J connectivity index is 3.09. The highest BCUT2D eigenvalue weighted by Crippen LogP contribution is 1.95. The number of rotatable bonds is 6. The van der Waals surface area contributed by atoms with Crippen molar-refractivity contribution in [3.63, 3.8) is 0 Å². The summed E-state index contributed by atoms with van der Waals surface area (Å²) in [5.41, 5.74) is 10.8. The molecule has 0 amide bonds. The molecule has 1 atom stereocenters. The predicted molar refractivity (Wildman–Crippen MR) is 44.8 cm³/mol. The minimum absolute atomic E-state index is 0.617. The Morgan fingerprint density at radius 3 is 2.50 bits per heavy atom. The first-order valence-corrected chi connectivity index (χ1v) is 3.96. The molecule has 0 saturated heterocycles. The summed E-state index contributed by atoms with van der Waals surface area (Å²) in [4.78, 5) is 0. The van der Waals surface area contributed by atoms with Gasteiger partial charge in [-0.05, 0) is 19.0 Å². The molecule has 10 heavy (non-hydrogen) atoms. The summed E-state index contributed by atoms with van der Waals surface area (Å²) >= 11 is 0. The van der Waals surface area contributed by atoms with Crippen LogP contribution in [0.15, 0.2) is 0 Å². The second kappa shape index (κ2) is 6.99. The highest BCUT2D eigenvalue weighted by molar-refractivity contribution is 4.60. The molecule has 1 unspecified atom stereocenters. The highest BCUT2D eigenvalue weighted by atomic mass is 14.9. The molecule has 3 heteroatoms. The summed E-state index contributed by atoms with van der Waals surface area (Å²) in [5.74, 6) is 0.617. The topological polar surface area (TPSA) is 64.1 Å². The van der Waals surface area contributed by atoms with Crippen LogP contribution in [0.4, 0.5) is 0 Å². The fraction of sp³-hybridized carbons (Fsp3) is 1.00. The van der Waals surface area contributed by atoms with Gasteiger partial charge in [-0.25, -0.2) is 0 Å². The summed E-state index contributed by atoms with van der Waals surface area (Å²) in [6, 6.07) is 0. The van der Waals surface area contributed by atoms with Gasteiger partial charge in [0.15, 0.2) is 0 Å². The van der Waals surface area contributed by atoms with E-state index in [0.717, 1.165) is 26.1 Å². The lowest BCUT2D eigenvalue weighted by molar-refractivity contribution is 0.475. The zero-order valence-electron chi connectivity index (χ0n) is 6.77. The molecule has 0 aromatic rings. The van der Waals surface area contributed by atoms with E-state index >= 15 is 0 Å². The van der Waals surface area contributed by atoms with E-state index in [1.807, 2.05) is 0 Å². The van der Waals surface area contributed by atoms with E-state index in [1.165, 1.54) is 0 Å². The van der Waals surface area contributed by atoms with Gasteiger partial charge in [-0.3, -0.25) is 0 Å². The third-order valence-corrected chi connectivity index (χ3v) is 1.66. The van der Waals surface area contributed by atoms with Crippen molar-refractivity contribution in [1.82, 2.24) is 5.32 Å². The molecule has 0 aliphatic carbocycles. The minimum atomic E-state index is 0.617. The lowest BCUT2D eigenvalue weighted by atomic mass is 10.1. The Hall–Kier alpha value is -0.120. The summed E-state index contributed by atoms with van der Waals surface area (Å²) < 4.78 is 0. The first-order chi connectivity index (χ1) is 4.85. The van der Waals surface area contributed by atoms with Crippen molar-refractivity contribution in [3.05, 3.63) is 0 Å². The van der Waals surface area contributed by atoms with Crippen LogP contribution in [0, 0.1) is 5.92 Å². The van der Waals surface area contributed by atoms with Gasteiger partial charge in [0.1, 0.15) is 0 Å². The molecule has 0 aromatic heterocycles. The third-order valence-electron chi connectivity index (χ3n) is 1.66. The van der Waals surface area contributed by atoms with Gasteiger partial charge in [0.25, 0.3) is 0 Å². The van der Waals surface area contributed by atoms with Crippen molar-refractivity contribution in [1.29, 1.82) is 0 Å². The van der Waals surface area contributed by atoms with Gasteiger partial charge in [-0.15, -0.1) is 0 Å². The normalized spacial score (nSPS) is 13.5. The predicted octanol–water partition coefficient (Wildman–Crippen LogP) is -0.480. The van der Waals surface area contributed by atoms with Crippen LogP contribution in [0.3, 0.4) is 0 Å². The van der Waals surface area contributed by atoms with Crippen molar-refractivity contribution in [2.75, 3.05) is 26.2 Å². The van der Waals surface area contributed by atoms with Crippen molar-refractivity contribution >= 4 is 0 Å². The van der Waals surface area contributed by atoms with Crippen LogP contribution in [0.1, 0.15) is 13.3 Å². The first kappa shape index (κ1) is 9.88. The maximum absolute atomic E-state index is 5.49. The van der Waals surface area contributed by atoms with E-state index in [9.17, 15) is 0 Å². The van der Waals surface area contributed by atoms with Crippen LogP contribution in [-0.4, -0.2) is 26.2 Å². The number of hydrogen-bond donors (Lipinski definition) is 3. The van der Waals surface area contributed by atoms with Crippen LogP contribution in [0.2, 0.25) is 0 Å². The summed E-state index contributed by atoms with van der Waals surface area (Å²) in [7, 11) is 0. The smallest absolute Gasteiger partial charge is 0.00746 e. The average Bonchev–Trinajstić information content (AvgIpc) is 1.99. The summed E-state index contributed by atoms with van der Waals surface area (Å²) in [6.07, 6.45) is 1.15. The Labute approximate surface area is 63.2 Å². The zero-order valence-corrected chi connectivity index (χ0v) is 6.77. The third kappa shape index (κ3) is 4.73. The van der Waals surface area contributed by atoms with E-state index in [4.69, 9.17) is 11.5 Å². The molecule has 0 aliphatic rings. The fourth-order valence-corrected chi connectivity index (χ4v) is 0.803. The van der Waals surface area contributed by atoms with Crippen LogP contribution in [0.5, 0.6) is 0 Å². The van der Waals surface area contributed by atoms with Crippen LogP contribution >= 0.6 is 0 Å². The molecule has 0 saturated carbocycles. The Bertz CT molecular complexity index is 61.9. The molecule has 3 nitrogen and oxygen atoms in total. The molecule has 62 valence electrons. The number of nitrogens with one attached hydrogen (secondary N) is 1. The molecular weight excluding hydrogens is 126 g/mol. The number of nitrogens with two attached hydrogens (primary N) is 2. The molecule has 0 rings (SSSR count). The summed E-state index contributed by atoms with van der Waals surface area (Å²) in [5, 5.41) is 3.23. The molecule has 0 spiro atoms. The van der Waals surface area contributed by atoms with E-state index in [2.05, 4.69) is 12.2 Å². The van der Waals surface area contributed by atoms with Gasteiger partial charge in [-0.2, -0.15) is 0 Å². The average molecular weight is 145 g/mol. The maximum Gasteiger partial charge on any atom is 0.00746 e. The lowest BCUT2D eigenvalue weighted by Crippen LogP contribution is -2.31. The van der Waals surface area contributed by atoms with E-state index < -0.39 is 0 Å². The van der Waals surface area contributed by atoms with Gasteiger partial charge >= 0.3 is 0 Å². The van der Waals surface area contributed by atoms with Crippen molar-refractivity contribution in [2.45, 2.75) is 13.3 Å². The molecular formula is C7H19N3. The standard InChI is InChI=1S/C7H19N3/c1-2-7(5-9)6-10-4-3-8/h7,10H,2-6,8-9H2,1H3. The van der Waals surface area contributed by atoms with Crippen molar-refractivity contribution in [3.8, 4) is 0 Å².